The van der Waals surface area contributed by atoms with Gasteiger partial charge in [-0.1, -0.05) is 19.3 Å². The quantitative estimate of drug-likeness (QED) is 0.836. The van der Waals surface area contributed by atoms with Gasteiger partial charge in [0.1, 0.15) is 0 Å². The topological polar surface area (TPSA) is 33.3 Å². The molecule has 2 aliphatic heterocycles. The summed E-state index contributed by atoms with van der Waals surface area (Å²) in [6, 6.07) is 2.17. The van der Waals surface area contributed by atoms with E-state index in [0.29, 0.717) is 6.04 Å². The molecule has 122 valence electrons. The predicted octanol–water partition coefficient (Wildman–Crippen LogP) is 3.09. The number of rotatable bonds is 4. The average molecular weight is 294 g/mol. The molecule has 0 aromatic carbocycles. The zero-order valence-corrected chi connectivity index (χ0v) is 13.8. The largest absolute Gasteiger partial charge is 0.381 e. The van der Waals surface area contributed by atoms with E-state index in [4.69, 9.17) is 4.74 Å². The van der Waals surface area contributed by atoms with Crippen LogP contribution in [-0.4, -0.2) is 37.9 Å². The van der Waals surface area contributed by atoms with Crippen molar-refractivity contribution in [2.45, 2.75) is 82.8 Å². The number of nitrogens with one attached hydrogen (secondary N) is 2. The fourth-order valence-corrected chi connectivity index (χ4v) is 4.78. The van der Waals surface area contributed by atoms with Gasteiger partial charge < -0.3 is 15.4 Å². The zero-order valence-electron chi connectivity index (χ0n) is 13.8. The van der Waals surface area contributed by atoms with E-state index < -0.39 is 0 Å². The van der Waals surface area contributed by atoms with Gasteiger partial charge in [-0.2, -0.15) is 0 Å². The van der Waals surface area contributed by atoms with Gasteiger partial charge in [0.05, 0.1) is 0 Å². The van der Waals surface area contributed by atoms with E-state index in [1.807, 2.05) is 0 Å². The Kier molecular flexibility index (Phi) is 5.96. The van der Waals surface area contributed by atoms with E-state index in [9.17, 15) is 0 Å². The van der Waals surface area contributed by atoms with Crippen molar-refractivity contribution in [3.8, 4) is 0 Å². The highest BCUT2D eigenvalue weighted by atomic mass is 16.5. The molecule has 3 rings (SSSR count). The number of hydrogen-bond donors (Lipinski definition) is 2. The third kappa shape index (κ3) is 4.20. The minimum atomic E-state index is 0.656. The summed E-state index contributed by atoms with van der Waals surface area (Å²) in [5.74, 6) is 1.68. The Labute approximate surface area is 130 Å². The van der Waals surface area contributed by atoms with E-state index in [0.717, 1.165) is 37.1 Å². The van der Waals surface area contributed by atoms with E-state index in [-0.39, 0.29) is 0 Å². The monoisotopic (exact) mass is 294 g/mol. The fourth-order valence-electron chi connectivity index (χ4n) is 4.78. The van der Waals surface area contributed by atoms with Crippen LogP contribution in [0.5, 0.6) is 0 Å². The SMILES string of the molecule is CC(NC1CCCCC1C1CCCCN1)C1CCOCC1. The molecule has 2 N–H and O–H groups in total. The smallest absolute Gasteiger partial charge is 0.0469 e. The van der Waals surface area contributed by atoms with Crippen LogP contribution in [0.25, 0.3) is 0 Å². The molecule has 1 aliphatic carbocycles. The Balaban J connectivity index is 1.55. The molecule has 3 nitrogen and oxygen atoms in total. The van der Waals surface area contributed by atoms with Crippen LogP contribution in [0.2, 0.25) is 0 Å². The number of piperidine rings is 1. The van der Waals surface area contributed by atoms with Gasteiger partial charge in [-0.05, 0) is 63.8 Å². The van der Waals surface area contributed by atoms with E-state index >= 15 is 0 Å². The molecule has 0 spiro atoms. The summed E-state index contributed by atoms with van der Waals surface area (Å²) in [5.41, 5.74) is 0. The first-order valence-corrected chi connectivity index (χ1v) is 9.42. The van der Waals surface area contributed by atoms with Crippen molar-refractivity contribution in [1.29, 1.82) is 0 Å². The second-order valence-electron chi connectivity index (χ2n) is 7.52. The van der Waals surface area contributed by atoms with Crippen LogP contribution in [0.4, 0.5) is 0 Å². The first kappa shape index (κ1) is 15.8. The summed E-state index contributed by atoms with van der Waals surface area (Å²) in [7, 11) is 0. The summed E-state index contributed by atoms with van der Waals surface area (Å²) in [5, 5.41) is 7.85. The van der Waals surface area contributed by atoms with Crippen LogP contribution in [0, 0.1) is 11.8 Å². The Morgan fingerprint density at radius 2 is 1.71 bits per heavy atom. The minimum Gasteiger partial charge on any atom is -0.381 e. The molecule has 0 radical (unpaired) electrons. The normalized spacial score (nSPS) is 37.3. The Morgan fingerprint density at radius 3 is 2.48 bits per heavy atom. The van der Waals surface area contributed by atoms with Crippen LogP contribution < -0.4 is 10.6 Å². The standard InChI is InChI=1S/C18H34N2O/c1-14(15-9-12-21-13-10-15)20-18-8-3-2-6-16(18)17-7-4-5-11-19-17/h14-20H,2-13H2,1H3. The van der Waals surface area contributed by atoms with E-state index in [1.165, 1.54) is 64.3 Å². The van der Waals surface area contributed by atoms with Gasteiger partial charge in [-0.3, -0.25) is 0 Å². The molecule has 0 aromatic heterocycles. The first-order chi connectivity index (χ1) is 10.3. The van der Waals surface area contributed by atoms with Crippen LogP contribution in [0.15, 0.2) is 0 Å². The van der Waals surface area contributed by atoms with Gasteiger partial charge in [0, 0.05) is 31.3 Å². The van der Waals surface area contributed by atoms with Crippen molar-refractivity contribution in [2.75, 3.05) is 19.8 Å². The van der Waals surface area contributed by atoms with Crippen molar-refractivity contribution in [2.24, 2.45) is 11.8 Å². The van der Waals surface area contributed by atoms with E-state index in [1.54, 1.807) is 0 Å². The van der Waals surface area contributed by atoms with Crippen molar-refractivity contribution in [1.82, 2.24) is 10.6 Å². The van der Waals surface area contributed by atoms with Crippen LogP contribution in [-0.2, 0) is 4.74 Å². The third-order valence-electron chi connectivity index (χ3n) is 6.13. The zero-order chi connectivity index (χ0) is 14.5. The van der Waals surface area contributed by atoms with Crippen LogP contribution in [0.1, 0.15) is 64.7 Å². The molecule has 4 atom stereocenters. The highest BCUT2D eigenvalue weighted by Crippen LogP contribution is 2.31. The lowest BCUT2D eigenvalue weighted by molar-refractivity contribution is 0.0503. The van der Waals surface area contributed by atoms with Crippen molar-refractivity contribution >= 4 is 0 Å². The lowest BCUT2D eigenvalue weighted by atomic mass is 9.76. The Bertz CT molecular complexity index is 298. The van der Waals surface area contributed by atoms with Gasteiger partial charge in [0.15, 0.2) is 0 Å². The number of hydrogen-bond acceptors (Lipinski definition) is 3. The molecule has 2 saturated heterocycles. The van der Waals surface area contributed by atoms with E-state index in [2.05, 4.69) is 17.6 Å². The first-order valence-electron chi connectivity index (χ1n) is 9.42. The Morgan fingerprint density at radius 1 is 0.952 bits per heavy atom. The summed E-state index contributed by atoms with van der Waals surface area (Å²) < 4.78 is 5.52. The average Bonchev–Trinajstić information content (AvgIpc) is 2.57. The lowest BCUT2D eigenvalue weighted by Crippen LogP contribution is -2.53. The second-order valence-corrected chi connectivity index (χ2v) is 7.52. The summed E-state index contributed by atoms with van der Waals surface area (Å²) >= 11 is 0. The maximum atomic E-state index is 5.52. The van der Waals surface area contributed by atoms with Crippen LogP contribution >= 0.6 is 0 Å². The molecule has 3 heteroatoms. The maximum Gasteiger partial charge on any atom is 0.0469 e. The summed E-state index contributed by atoms with van der Waals surface area (Å²) in [4.78, 5) is 0. The Hall–Kier alpha value is -0.120. The van der Waals surface area contributed by atoms with Crippen molar-refractivity contribution < 1.29 is 4.74 Å². The highest BCUT2D eigenvalue weighted by Gasteiger charge is 2.34. The highest BCUT2D eigenvalue weighted by molar-refractivity contribution is 4.92. The van der Waals surface area contributed by atoms with Crippen LogP contribution in [0.3, 0.4) is 0 Å². The van der Waals surface area contributed by atoms with Gasteiger partial charge in [-0.15, -0.1) is 0 Å². The predicted molar refractivity (Wildman–Crippen MR) is 87.5 cm³/mol. The third-order valence-corrected chi connectivity index (χ3v) is 6.13. The molecule has 3 aliphatic rings. The van der Waals surface area contributed by atoms with Crippen molar-refractivity contribution in [3.63, 3.8) is 0 Å². The molecule has 0 bridgehead atoms. The molecule has 21 heavy (non-hydrogen) atoms. The fraction of sp³-hybridized carbons (Fsp3) is 1.00. The molecule has 2 heterocycles. The molecule has 4 unspecified atom stereocenters. The molecule has 3 fully saturated rings. The summed E-state index contributed by atoms with van der Waals surface area (Å²) in [6.45, 7) is 5.59. The lowest BCUT2D eigenvalue weighted by Gasteiger charge is -2.42. The maximum absolute atomic E-state index is 5.52. The second kappa shape index (κ2) is 7.94. The molecular weight excluding hydrogens is 260 g/mol. The van der Waals surface area contributed by atoms with Gasteiger partial charge in [-0.25, -0.2) is 0 Å². The van der Waals surface area contributed by atoms with Gasteiger partial charge in [0.2, 0.25) is 0 Å². The number of ether oxygens (including phenoxy) is 1. The molecular formula is C18H34N2O. The minimum absolute atomic E-state index is 0.656. The molecule has 0 amide bonds. The van der Waals surface area contributed by atoms with Gasteiger partial charge >= 0.3 is 0 Å². The molecule has 0 aromatic rings. The van der Waals surface area contributed by atoms with Crippen molar-refractivity contribution in [3.05, 3.63) is 0 Å². The van der Waals surface area contributed by atoms with Gasteiger partial charge in [0.25, 0.3) is 0 Å². The summed E-state index contributed by atoms with van der Waals surface area (Å²) in [6.07, 6.45) is 12.4. The molecule has 1 saturated carbocycles.